The average Bonchev–Trinajstić information content (AvgIpc) is 3.69. The molecule has 3 heterocycles. The third-order valence-corrected chi connectivity index (χ3v) is 16.7. The topological polar surface area (TPSA) is 80.7 Å². The molecule has 9 rings (SSSR count). The lowest BCUT2D eigenvalue weighted by atomic mass is 9.41. The van der Waals surface area contributed by atoms with Crippen molar-refractivity contribution in [2.75, 3.05) is 39.5 Å². The Kier molecular flexibility index (Phi) is 8.82. The molecule has 10 atom stereocenters. The van der Waals surface area contributed by atoms with Crippen molar-refractivity contribution in [3.63, 3.8) is 0 Å². The van der Waals surface area contributed by atoms with Gasteiger partial charge in [0.2, 0.25) is 5.91 Å². The number of ether oxygens (including phenoxy) is 4. The van der Waals surface area contributed by atoms with Crippen molar-refractivity contribution in [3.05, 3.63) is 53.5 Å². The average molecular weight is 738 g/mol. The quantitative estimate of drug-likeness (QED) is 0.328. The van der Waals surface area contributed by atoms with Crippen LogP contribution in [0.2, 0.25) is 0 Å². The molecule has 5 saturated carbocycles. The molecule has 3 radical (unpaired) electrons. The maximum atomic E-state index is 14.0. The summed E-state index contributed by atoms with van der Waals surface area (Å²) in [5.74, 6) is 0.941. The van der Waals surface area contributed by atoms with Crippen molar-refractivity contribution in [3.8, 4) is 0 Å². The van der Waals surface area contributed by atoms with Crippen LogP contribution in [-0.2, 0) is 30.3 Å². The van der Waals surface area contributed by atoms with Crippen LogP contribution in [0.5, 0.6) is 0 Å². The predicted octanol–water partition coefficient (Wildman–Crippen LogP) is 6.85. The molecule has 5 aliphatic carbocycles. The highest BCUT2D eigenvalue weighted by Crippen LogP contribution is 2.90. The largest absolute Gasteiger partial charge is 0.389 e. The first-order valence-corrected chi connectivity index (χ1v) is 20.4. The van der Waals surface area contributed by atoms with Crippen LogP contribution in [0.15, 0.2) is 18.2 Å². The summed E-state index contributed by atoms with van der Waals surface area (Å²) in [4.78, 5) is 16.9. The van der Waals surface area contributed by atoms with Crippen LogP contribution >= 0.6 is 0 Å². The standard InChI is InChI=1S/C43H59F2N2O6/c1-25-15-31(20-47(26(2)48)19-27-16-28(44)18-29(45)17-27)52-37-36(25)40(5)11-12-43-24-42(43)10-9-34(53-35-21-46(13-14-51-35)30-22-50-23-30)39(3,4)32(42)7-8-33(43)41(40,6)38(37)49/h16-18,25,30,32,34-36,38,49H,7-15,19-24H2,1-6H3/t25-,32+,34?,35?,36+,38+,40-,41-,42-,43+/m1/s1. The lowest BCUT2D eigenvalue weighted by Crippen LogP contribution is -2.60. The van der Waals surface area contributed by atoms with Crippen molar-refractivity contribution < 1.29 is 37.6 Å². The Balaban J connectivity index is 0.918. The van der Waals surface area contributed by atoms with E-state index in [1.807, 2.05) is 0 Å². The molecule has 1 aromatic rings. The van der Waals surface area contributed by atoms with Crippen LogP contribution in [0.4, 0.5) is 8.78 Å². The van der Waals surface area contributed by atoms with Gasteiger partial charge in [-0.2, -0.15) is 0 Å². The molecule has 0 bridgehead atoms. The van der Waals surface area contributed by atoms with E-state index in [2.05, 4.69) is 39.5 Å². The summed E-state index contributed by atoms with van der Waals surface area (Å²) in [6.07, 6.45) is 9.15. The summed E-state index contributed by atoms with van der Waals surface area (Å²) in [7, 11) is 0. The molecular weight excluding hydrogens is 678 g/mol. The summed E-state index contributed by atoms with van der Waals surface area (Å²) in [5, 5.41) is 12.6. The Morgan fingerprint density at radius 1 is 1.06 bits per heavy atom. The molecule has 53 heavy (non-hydrogen) atoms. The van der Waals surface area contributed by atoms with Gasteiger partial charge in [0.25, 0.3) is 0 Å². The highest BCUT2D eigenvalue weighted by atomic mass is 19.1. The minimum atomic E-state index is -0.736. The third-order valence-electron chi connectivity index (χ3n) is 16.7. The number of morpholine rings is 1. The maximum absolute atomic E-state index is 14.0. The first kappa shape index (κ1) is 36.9. The predicted molar refractivity (Wildman–Crippen MR) is 193 cm³/mol. The molecular formula is C43H59F2N2O6. The molecule has 8 fully saturated rings. The monoisotopic (exact) mass is 737 g/mol. The Hall–Kier alpha value is -1.69. The molecule has 1 amide bonds. The number of carbonyl (C=O) groups is 1. The van der Waals surface area contributed by atoms with Gasteiger partial charge in [0.15, 0.2) is 6.29 Å². The van der Waals surface area contributed by atoms with E-state index in [-0.39, 0.29) is 64.9 Å². The van der Waals surface area contributed by atoms with Gasteiger partial charge in [-0.1, -0.05) is 34.6 Å². The fraction of sp³-hybridized carbons (Fsp3) is 0.767. The number of nitrogens with zero attached hydrogens (tertiary/aromatic N) is 2. The molecule has 8 aliphatic rings. The Bertz CT molecular complexity index is 1590. The van der Waals surface area contributed by atoms with Crippen molar-refractivity contribution >= 4 is 5.91 Å². The van der Waals surface area contributed by atoms with E-state index in [4.69, 9.17) is 18.9 Å². The zero-order chi connectivity index (χ0) is 37.3. The second-order valence-electron chi connectivity index (χ2n) is 19.3. The van der Waals surface area contributed by atoms with Crippen LogP contribution in [-0.4, -0.2) is 84.8 Å². The molecule has 291 valence electrons. The van der Waals surface area contributed by atoms with Gasteiger partial charge in [-0.25, -0.2) is 8.78 Å². The highest BCUT2D eigenvalue weighted by Gasteiger charge is 2.85. The van der Waals surface area contributed by atoms with Gasteiger partial charge in [0.1, 0.15) is 23.8 Å². The molecule has 0 aromatic heterocycles. The minimum absolute atomic E-state index is 0.0124. The number of rotatable bonds is 7. The number of aliphatic hydroxyl groups excluding tert-OH is 1. The van der Waals surface area contributed by atoms with Crippen LogP contribution in [0.25, 0.3) is 0 Å². The summed E-state index contributed by atoms with van der Waals surface area (Å²) >= 11 is 0. The van der Waals surface area contributed by atoms with Crippen molar-refractivity contribution in [2.45, 2.75) is 124 Å². The molecule has 10 heteroatoms. The van der Waals surface area contributed by atoms with Crippen LogP contribution < -0.4 is 0 Å². The Morgan fingerprint density at radius 3 is 2.51 bits per heavy atom. The van der Waals surface area contributed by atoms with E-state index in [1.165, 1.54) is 31.9 Å². The zero-order valence-corrected chi connectivity index (χ0v) is 32.5. The summed E-state index contributed by atoms with van der Waals surface area (Å²) in [6, 6.07) is 3.87. The van der Waals surface area contributed by atoms with Gasteiger partial charge in [0, 0.05) is 37.4 Å². The lowest BCUT2D eigenvalue weighted by Gasteiger charge is -2.63. The van der Waals surface area contributed by atoms with Crippen LogP contribution in [0, 0.1) is 74.6 Å². The number of hydrogen-bond donors (Lipinski definition) is 1. The van der Waals surface area contributed by atoms with Gasteiger partial charge in [-0.05, 0) is 108 Å². The Labute approximate surface area is 314 Å². The number of fused-ring (bicyclic) bond motifs is 4. The van der Waals surface area contributed by atoms with E-state index in [1.54, 1.807) is 10.8 Å². The smallest absolute Gasteiger partial charge is 0.219 e. The second-order valence-corrected chi connectivity index (χ2v) is 19.3. The molecule has 1 aromatic carbocycles. The van der Waals surface area contributed by atoms with Gasteiger partial charge in [-0.15, -0.1) is 0 Å². The van der Waals surface area contributed by atoms with Gasteiger partial charge >= 0.3 is 0 Å². The number of benzene rings is 1. The number of carbonyl (C=O) groups excluding carboxylic acids is 1. The molecule has 3 aliphatic heterocycles. The first-order chi connectivity index (χ1) is 25.1. The number of aliphatic hydroxyl groups is 1. The summed E-state index contributed by atoms with van der Waals surface area (Å²) in [5.41, 5.74) is 0.244. The van der Waals surface area contributed by atoms with E-state index in [9.17, 15) is 18.7 Å². The minimum Gasteiger partial charge on any atom is -0.389 e. The molecule has 1 N–H and O–H groups in total. The molecule has 2 unspecified atom stereocenters. The SMILES string of the molecule is CC(=O)N(C[C]1C[C@@H](C)[C@H]2[C](O1)[C@H](O)[C@@]1(C)[C]3CC[C@H]4C(C)(C)C(OC5CN(C6COC6)CCO5)CC[C@@]45C[C@@]35CC[C@]21C)Cc1cc(F)cc(F)c1. The summed E-state index contributed by atoms with van der Waals surface area (Å²) in [6.45, 7) is 17.8. The van der Waals surface area contributed by atoms with Gasteiger partial charge in [-0.3, -0.25) is 9.69 Å². The van der Waals surface area contributed by atoms with Crippen molar-refractivity contribution in [2.24, 2.45) is 44.8 Å². The van der Waals surface area contributed by atoms with E-state index in [0.717, 1.165) is 76.7 Å². The third kappa shape index (κ3) is 5.34. The number of amides is 1. The number of hydrogen-bond acceptors (Lipinski definition) is 7. The zero-order valence-electron chi connectivity index (χ0n) is 32.5. The van der Waals surface area contributed by atoms with Crippen LogP contribution in [0.1, 0.15) is 98.5 Å². The second kappa shape index (κ2) is 12.7. The lowest BCUT2D eigenvalue weighted by molar-refractivity contribution is -0.252. The van der Waals surface area contributed by atoms with Crippen molar-refractivity contribution in [1.29, 1.82) is 0 Å². The van der Waals surface area contributed by atoms with E-state index >= 15 is 0 Å². The highest BCUT2D eigenvalue weighted by molar-refractivity contribution is 5.73. The fourth-order valence-corrected chi connectivity index (χ4v) is 13.9. The van der Waals surface area contributed by atoms with Crippen LogP contribution in [0.3, 0.4) is 0 Å². The number of halogens is 2. The van der Waals surface area contributed by atoms with Gasteiger partial charge < -0.3 is 29.0 Å². The fourth-order valence-electron chi connectivity index (χ4n) is 13.9. The van der Waals surface area contributed by atoms with E-state index in [0.29, 0.717) is 30.6 Å². The summed E-state index contributed by atoms with van der Waals surface area (Å²) < 4.78 is 53.3. The molecule has 2 spiro atoms. The Morgan fingerprint density at radius 2 is 1.81 bits per heavy atom. The molecule has 3 saturated heterocycles. The van der Waals surface area contributed by atoms with Gasteiger partial charge in [0.05, 0.1) is 51.2 Å². The normalized spacial score (nSPS) is 44.2. The maximum Gasteiger partial charge on any atom is 0.219 e. The first-order valence-electron chi connectivity index (χ1n) is 20.4. The molecule has 8 nitrogen and oxygen atoms in total. The van der Waals surface area contributed by atoms with E-state index < -0.39 is 23.2 Å². The van der Waals surface area contributed by atoms with Crippen molar-refractivity contribution in [1.82, 2.24) is 9.80 Å².